The summed E-state index contributed by atoms with van der Waals surface area (Å²) in [6, 6.07) is 3.41. The maximum Gasteiger partial charge on any atom is 0.273 e. The van der Waals surface area contributed by atoms with Gasteiger partial charge in [0.1, 0.15) is 5.82 Å². The molecule has 106 valence electrons. The van der Waals surface area contributed by atoms with Crippen molar-refractivity contribution in [2.45, 2.75) is 13.5 Å². The van der Waals surface area contributed by atoms with Gasteiger partial charge in [-0.05, 0) is 19.1 Å². The van der Waals surface area contributed by atoms with Gasteiger partial charge in [0, 0.05) is 38.9 Å². The van der Waals surface area contributed by atoms with Crippen molar-refractivity contribution in [3.05, 3.63) is 35.3 Å². The summed E-state index contributed by atoms with van der Waals surface area (Å²) in [5.74, 6) is 0.468. The van der Waals surface area contributed by atoms with E-state index >= 15 is 0 Å². The van der Waals surface area contributed by atoms with Gasteiger partial charge >= 0.3 is 0 Å². The van der Waals surface area contributed by atoms with Gasteiger partial charge in [0.05, 0.1) is 6.20 Å². The summed E-state index contributed by atoms with van der Waals surface area (Å²) in [6.45, 7) is 2.63. The number of anilines is 1. The minimum Gasteiger partial charge on any atom is -0.364 e. The third-order valence-electron chi connectivity index (χ3n) is 3.09. The molecule has 0 aromatic carbocycles. The molecule has 2 aromatic rings. The second-order valence-electron chi connectivity index (χ2n) is 4.74. The smallest absolute Gasteiger partial charge is 0.273 e. The molecular weight excluding hydrogens is 256 g/mol. The lowest BCUT2D eigenvalue weighted by molar-refractivity contribution is 0.0821. The van der Waals surface area contributed by atoms with Gasteiger partial charge in [-0.25, -0.2) is 0 Å². The largest absolute Gasteiger partial charge is 0.364 e. The molecule has 7 heteroatoms. The molecule has 0 unspecified atom stereocenters. The highest BCUT2D eigenvalue weighted by Gasteiger charge is 2.10. The summed E-state index contributed by atoms with van der Waals surface area (Å²) in [5.41, 5.74) is 2.53. The van der Waals surface area contributed by atoms with Gasteiger partial charge < -0.3 is 10.2 Å². The van der Waals surface area contributed by atoms with Gasteiger partial charge in [-0.2, -0.15) is 5.10 Å². The van der Waals surface area contributed by atoms with Crippen LogP contribution in [0.5, 0.6) is 0 Å². The maximum atomic E-state index is 11.7. The molecule has 20 heavy (non-hydrogen) atoms. The molecular formula is C13H18N6O. The minimum atomic E-state index is -0.160. The van der Waals surface area contributed by atoms with Crippen molar-refractivity contribution < 1.29 is 4.79 Å². The highest BCUT2D eigenvalue weighted by molar-refractivity contribution is 5.91. The normalized spacial score (nSPS) is 10.4. The number of hydrogen-bond donors (Lipinski definition) is 1. The molecule has 0 atom stereocenters. The lowest BCUT2D eigenvalue weighted by Crippen LogP contribution is -2.23. The van der Waals surface area contributed by atoms with Crippen LogP contribution in [-0.4, -0.2) is 44.9 Å². The topological polar surface area (TPSA) is 75.9 Å². The summed E-state index contributed by atoms with van der Waals surface area (Å²) in [6.07, 6.45) is 1.82. The number of rotatable bonds is 4. The van der Waals surface area contributed by atoms with Crippen LogP contribution < -0.4 is 5.32 Å². The molecule has 0 aliphatic rings. The Morgan fingerprint density at radius 3 is 2.60 bits per heavy atom. The van der Waals surface area contributed by atoms with Crippen molar-refractivity contribution in [3.8, 4) is 0 Å². The molecule has 2 aromatic heterocycles. The van der Waals surface area contributed by atoms with Gasteiger partial charge in [0.25, 0.3) is 5.91 Å². The number of amides is 1. The SMILES string of the molecule is Cc1c(CNc2ccc(C(=O)N(C)C)nn2)cnn1C. The number of carbonyl (C=O) groups excluding carboxylic acids is 1. The van der Waals surface area contributed by atoms with E-state index in [9.17, 15) is 4.79 Å². The zero-order valence-electron chi connectivity index (χ0n) is 12.1. The number of hydrogen-bond acceptors (Lipinski definition) is 5. The van der Waals surface area contributed by atoms with Crippen LogP contribution in [0.1, 0.15) is 21.7 Å². The van der Waals surface area contributed by atoms with Crippen LogP contribution >= 0.6 is 0 Å². The van der Waals surface area contributed by atoms with Crippen LogP contribution in [-0.2, 0) is 13.6 Å². The zero-order valence-corrected chi connectivity index (χ0v) is 12.1. The van der Waals surface area contributed by atoms with Crippen molar-refractivity contribution in [2.24, 2.45) is 7.05 Å². The van der Waals surface area contributed by atoms with Crippen LogP contribution in [0.2, 0.25) is 0 Å². The van der Waals surface area contributed by atoms with Gasteiger partial charge in [-0.15, -0.1) is 10.2 Å². The average molecular weight is 274 g/mol. The number of nitrogens with one attached hydrogen (secondary N) is 1. The molecule has 0 fully saturated rings. The quantitative estimate of drug-likeness (QED) is 0.893. The van der Waals surface area contributed by atoms with Gasteiger partial charge in [-0.3, -0.25) is 9.48 Å². The van der Waals surface area contributed by atoms with E-state index < -0.39 is 0 Å². The van der Waals surface area contributed by atoms with E-state index in [4.69, 9.17) is 0 Å². The van der Waals surface area contributed by atoms with Gasteiger partial charge in [-0.1, -0.05) is 0 Å². The molecule has 0 aliphatic heterocycles. The van der Waals surface area contributed by atoms with Crippen LogP contribution in [0.3, 0.4) is 0 Å². The average Bonchev–Trinajstić information content (AvgIpc) is 2.76. The molecule has 0 aliphatic carbocycles. The molecule has 0 saturated heterocycles. The summed E-state index contributed by atoms with van der Waals surface area (Å²) < 4.78 is 1.82. The first-order valence-corrected chi connectivity index (χ1v) is 6.25. The maximum absolute atomic E-state index is 11.7. The molecule has 0 radical (unpaired) electrons. The lowest BCUT2D eigenvalue weighted by Gasteiger charge is -2.09. The van der Waals surface area contributed by atoms with Crippen molar-refractivity contribution in [1.82, 2.24) is 24.9 Å². The third kappa shape index (κ3) is 2.93. The number of nitrogens with zero attached hydrogens (tertiary/aromatic N) is 5. The van der Waals surface area contributed by atoms with Crippen molar-refractivity contribution in [2.75, 3.05) is 19.4 Å². The van der Waals surface area contributed by atoms with Crippen LogP contribution in [0.4, 0.5) is 5.82 Å². The molecule has 7 nitrogen and oxygen atoms in total. The van der Waals surface area contributed by atoms with Crippen LogP contribution in [0.15, 0.2) is 18.3 Å². The molecule has 0 bridgehead atoms. The fourth-order valence-electron chi connectivity index (χ4n) is 1.67. The predicted octanol–water partition coefficient (Wildman–Crippen LogP) is 0.832. The summed E-state index contributed by atoms with van der Waals surface area (Å²) in [5, 5.41) is 15.2. The summed E-state index contributed by atoms with van der Waals surface area (Å²) in [4.78, 5) is 13.1. The standard InChI is InChI=1S/C13H18N6O/c1-9-10(8-15-19(9)4)7-14-12-6-5-11(16-17-12)13(20)18(2)3/h5-6,8H,7H2,1-4H3,(H,14,17). The van der Waals surface area contributed by atoms with Crippen molar-refractivity contribution >= 4 is 11.7 Å². The first-order valence-electron chi connectivity index (χ1n) is 6.25. The van der Waals surface area contributed by atoms with E-state index in [-0.39, 0.29) is 5.91 Å². The number of aryl methyl sites for hydroxylation is 1. The van der Waals surface area contributed by atoms with Crippen LogP contribution in [0, 0.1) is 6.92 Å². The lowest BCUT2D eigenvalue weighted by atomic mass is 10.2. The molecule has 1 N–H and O–H groups in total. The number of carbonyl (C=O) groups is 1. The Morgan fingerprint density at radius 1 is 1.35 bits per heavy atom. The van der Waals surface area contributed by atoms with E-state index in [1.54, 1.807) is 26.2 Å². The Morgan fingerprint density at radius 2 is 2.10 bits per heavy atom. The molecule has 0 saturated carbocycles. The molecule has 1 amide bonds. The van der Waals surface area contributed by atoms with E-state index in [0.717, 1.165) is 11.3 Å². The Hall–Kier alpha value is -2.44. The minimum absolute atomic E-state index is 0.160. The van der Waals surface area contributed by atoms with E-state index in [2.05, 4.69) is 20.6 Å². The Balaban J connectivity index is 2.01. The Labute approximate surface area is 117 Å². The predicted molar refractivity (Wildman–Crippen MR) is 75.3 cm³/mol. The van der Waals surface area contributed by atoms with E-state index in [1.165, 1.54) is 4.90 Å². The Kier molecular flexibility index (Phi) is 3.97. The third-order valence-corrected chi connectivity index (χ3v) is 3.09. The first-order chi connectivity index (χ1) is 9.49. The Bertz CT molecular complexity index is 602. The summed E-state index contributed by atoms with van der Waals surface area (Å²) >= 11 is 0. The fourth-order valence-corrected chi connectivity index (χ4v) is 1.67. The van der Waals surface area contributed by atoms with E-state index in [1.807, 2.05) is 24.9 Å². The molecule has 0 spiro atoms. The van der Waals surface area contributed by atoms with Crippen molar-refractivity contribution in [3.63, 3.8) is 0 Å². The van der Waals surface area contributed by atoms with Crippen molar-refractivity contribution in [1.29, 1.82) is 0 Å². The van der Waals surface area contributed by atoms with Crippen LogP contribution in [0.25, 0.3) is 0 Å². The summed E-state index contributed by atoms with van der Waals surface area (Å²) in [7, 11) is 5.27. The highest BCUT2D eigenvalue weighted by Crippen LogP contribution is 2.09. The highest BCUT2D eigenvalue weighted by atomic mass is 16.2. The molecule has 2 heterocycles. The second kappa shape index (κ2) is 5.68. The second-order valence-corrected chi connectivity index (χ2v) is 4.74. The van der Waals surface area contributed by atoms with Gasteiger partial charge in [0.15, 0.2) is 5.69 Å². The zero-order chi connectivity index (χ0) is 14.7. The number of aromatic nitrogens is 4. The fraction of sp³-hybridized carbons (Fsp3) is 0.385. The monoisotopic (exact) mass is 274 g/mol. The molecule has 2 rings (SSSR count). The van der Waals surface area contributed by atoms with E-state index in [0.29, 0.717) is 18.1 Å². The first kappa shape index (κ1) is 14.0. The van der Waals surface area contributed by atoms with Gasteiger partial charge in [0.2, 0.25) is 0 Å².